The molecule has 0 aromatic rings. The lowest BCUT2D eigenvalue weighted by molar-refractivity contribution is -0.147. The Morgan fingerprint density at radius 3 is 2.24 bits per heavy atom. The second-order valence-corrected chi connectivity index (χ2v) is 7.21. The molecule has 1 aliphatic rings. The van der Waals surface area contributed by atoms with Gasteiger partial charge in [-0.1, -0.05) is 13.8 Å². The highest BCUT2D eigenvalue weighted by Gasteiger charge is 2.40. The predicted molar refractivity (Wildman–Crippen MR) is 98.4 cm³/mol. The average Bonchev–Trinajstić information content (AvgIpc) is 3.12. The first-order valence-electron chi connectivity index (χ1n) is 9.21. The van der Waals surface area contributed by atoms with Crippen LogP contribution in [-0.4, -0.2) is 87.2 Å². The van der Waals surface area contributed by atoms with Crippen molar-refractivity contribution in [3.8, 4) is 0 Å². The van der Waals surface area contributed by atoms with Crippen molar-refractivity contribution in [2.24, 2.45) is 11.7 Å². The van der Waals surface area contributed by atoms with E-state index in [1.807, 2.05) is 0 Å². The van der Waals surface area contributed by atoms with E-state index in [9.17, 15) is 29.1 Å². The first kappa shape index (κ1) is 24.3. The molecule has 7 N–H and O–H groups in total. The Morgan fingerprint density at radius 1 is 1.14 bits per heavy atom. The van der Waals surface area contributed by atoms with E-state index in [1.165, 1.54) is 0 Å². The molecule has 12 nitrogen and oxygen atoms in total. The summed E-state index contributed by atoms with van der Waals surface area (Å²) in [5.41, 5.74) is 5.38. The Hall–Kier alpha value is -2.73. The number of nitrogens with two attached hydrogens (primary N) is 1. The van der Waals surface area contributed by atoms with Gasteiger partial charge in [0.1, 0.15) is 24.2 Å². The fourth-order valence-electron chi connectivity index (χ4n) is 3.00. The van der Waals surface area contributed by atoms with Crippen LogP contribution in [0.1, 0.15) is 33.1 Å². The number of aliphatic hydroxyl groups excluding tert-OH is 1. The van der Waals surface area contributed by atoms with E-state index in [1.54, 1.807) is 13.8 Å². The molecule has 0 aromatic heterocycles. The molecule has 1 rings (SSSR count). The maximum Gasteiger partial charge on any atom is 0.326 e. The number of carbonyl (C=O) groups excluding carboxylic acids is 3. The van der Waals surface area contributed by atoms with Crippen LogP contribution in [0.25, 0.3) is 0 Å². The maximum absolute atomic E-state index is 12.8. The van der Waals surface area contributed by atoms with Gasteiger partial charge >= 0.3 is 11.9 Å². The van der Waals surface area contributed by atoms with Crippen LogP contribution in [0.5, 0.6) is 0 Å². The number of nitrogens with zero attached hydrogens (tertiary/aromatic N) is 1. The molecule has 1 fully saturated rings. The largest absolute Gasteiger partial charge is 0.481 e. The van der Waals surface area contributed by atoms with Crippen LogP contribution < -0.4 is 16.4 Å². The van der Waals surface area contributed by atoms with Gasteiger partial charge in [-0.3, -0.25) is 19.2 Å². The monoisotopic (exact) mass is 416 g/mol. The smallest absolute Gasteiger partial charge is 0.326 e. The minimum absolute atomic E-state index is 0.147. The summed E-state index contributed by atoms with van der Waals surface area (Å²) in [6, 6.07) is -4.94. The molecular formula is C17H28N4O8. The summed E-state index contributed by atoms with van der Waals surface area (Å²) < 4.78 is 0. The van der Waals surface area contributed by atoms with Crippen LogP contribution in [0.4, 0.5) is 0 Å². The summed E-state index contributed by atoms with van der Waals surface area (Å²) in [4.78, 5) is 60.9. The molecular weight excluding hydrogens is 388 g/mol. The number of hydrogen-bond acceptors (Lipinski definition) is 7. The number of nitrogens with one attached hydrogen (secondary N) is 2. The highest BCUT2D eigenvalue weighted by atomic mass is 16.4. The highest BCUT2D eigenvalue weighted by Crippen LogP contribution is 2.20. The normalized spacial score (nSPS) is 19.3. The van der Waals surface area contributed by atoms with Crippen LogP contribution in [0.2, 0.25) is 0 Å². The van der Waals surface area contributed by atoms with Crippen molar-refractivity contribution in [3.05, 3.63) is 0 Å². The van der Waals surface area contributed by atoms with Gasteiger partial charge in [-0.2, -0.15) is 0 Å². The zero-order valence-electron chi connectivity index (χ0n) is 16.3. The summed E-state index contributed by atoms with van der Waals surface area (Å²) >= 11 is 0. The standard InChI is InChI=1S/C17H28N4O8/c1-8(2)13(17(28)29)20-15(26)11-4-3-5-21(11)16(27)10(6-12(23)24)19-14(25)9(18)7-22/h8-11,13,22H,3-7,18H2,1-2H3,(H,19,25)(H,20,26)(H,23,24)(H,28,29). The molecule has 164 valence electrons. The zero-order valence-corrected chi connectivity index (χ0v) is 16.3. The number of rotatable bonds is 10. The molecule has 0 aliphatic carbocycles. The average molecular weight is 416 g/mol. The minimum Gasteiger partial charge on any atom is -0.481 e. The number of carboxylic acid groups (broad SMARTS) is 2. The number of likely N-dealkylation sites (tertiary alicyclic amines) is 1. The summed E-state index contributed by atoms with van der Waals surface area (Å²) in [5, 5.41) is 31.8. The maximum atomic E-state index is 12.8. The van der Waals surface area contributed by atoms with Crippen molar-refractivity contribution in [3.63, 3.8) is 0 Å². The first-order valence-corrected chi connectivity index (χ1v) is 9.21. The second-order valence-electron chi connectivity index (χ2n) is 7.21. The summed E-state index contributed by atoms with van der Waals surface area (Å²) in [5.74, 6) is -5.31. The molecule has 3 amide bonds. The van der Waals surface area contributed by atoms with E-state index in [-0.39, 0.29) is 18.9 Å². The number of aliphatic carboxylic acids is 2. The van der Waals surface area contributed by atoms with Crippen LogP contribution in [0.3, 0.4) is 0 Å². The minimum atomic E-state index is -1.48. The molecule has 0 spiro atoms. The molecule has 0 radical (unpaired) electrons. The quantitative estimate of drug-likeness (QED) is 0.222. The number of amides is 3. The predicted octanol–water partition coefficient (Wildman–Crippen LogP) is -2.52. The Morgan fingerprint density at radius 2 is 1.76 bits per heavy atom. The SMILES string of the molecule is CC(C)C(NC(=O)C1CCCN1C(=O)C(CC(=O)O)NC(=O)C(N)CO)C(=O)O. The molecule has 0 bridgehead atoms. The molecule has 0 saturated carbocycles. The molecule has 12 heteroatoms. The van der Waals surface area contributed by atoms with Gasteiger partial charge in [-0.15, -0.1) is 0 Å². The van der Waals surface area contributed by atoms with E-state index in [2.05, 4.69) is 10.6 Å². The van der Waals surface area contributed by atoms with Crippen molar-refractivity contribution in [2.45, 2.75) is 57.3 Å². The third-order valence-corrected chi connectivity index (χ3v) is 4.60. The Kier molecular flexibility index (Phi) is 8.98. The molecule has 4 unspecified atom stereocenters. The molecule has 29 heavy (non-hydrogen) atoms. The van der Waals surface area contributed by atoms with E-state index in [4.69, 9.17) is 15.9 Å². The van der Waals surface area contributed by atoms with Crippen molar-refractivity contribution >= 4 is 29.7 Å². The van der Waals surface area contributed by atoms with Crippen molar-refractivity contribution in [1.82, 2.24) is 15.5 Å². The fourth-order valence-corrected chi connectivity index (χ4v) is 3.00. The lowest BCUT2D eigenvalue weighted by Crippen LogP contribution is -2.57. The van der Waals surface area contributed by atoms with Gasteiger partial charge < -0.3 is 36.6 Å². The zero-order chi connectivity index (χ0) is 22.3. The molecule has 1 saturated heterocycles. The topological polar surface area (TPSA) is 199 Å². The van der Waals surface area contributed by atoms with Crippen LogP contribution in [-0.2, 0) is 24.0 Å². The van der Waals surface area contributed by atoms with Gasteiger partial charge in [0.25, 0.3) is 0 Å². The third-order valence-electron chi connectivity index (χ3n) is 4.60. The molecule has 1 aliphatic heterocycles. The van der Waals surface area contributed by atoms with E-state index < -0.39 is 66.9 Å². The Labute approximate surface area is 167 Å². The Bertz CT molecular complexity index is 653. The Balaban J connectivity index is 2.96. The summed E-state index contributed by atoms with van der Waals surface area (Å²) in [6.45, 7) is 2.70. The number of carboxylic acids is 2. The lowest BCUT2D eigenvalue weighted by atomic mass is 10.0. The lowest BCUT2D eigenvalue weighted by Gasteiger charge is -2.29. The van der Waals surface area contributed by atoms with Gasteiger partial charge in [0, 0.05) is 6.54 Å². The van der Waals surface area contributed by atoms with Crippen molar-refractivity contribution in [2.75, 3.05) is 13.2 Å². The van der Waals surface area contributed by atoms with Crippen molar-refractivity contribution in [1.29, 1.82) is 0 Å². The first-order chi connectivity index (χ1) is 13.5. The van der Waals surface area contributed by atoms with E-state index >= 15 is 0 Å². The number of aliphatic hydroxyl groups is 1. The van der Waals surface area contributed by atoms with Gasteiger partial charge in [0.2, 0.25) is 17.7 Å². The van der Waals surface area contributed by atoms with E-state index in [0.717, 1.165) is 4.90 Å². The van der Waals surface area contributed by atoms with Crippen molar-refractivity contribution < 1.29 is 39.3 Å². The van der Waals surface area contributed by atoms with Gasteiger partial charge in [0.15, 0.2) is 0 Å². The summed E-state index contributed by atoms with van der Waals surface area (Å²) in [6.07, 6.45) is -0.0175. The van der Waals surface area contributed by atoms with Gasteiger partial charge in [0.05, 0.1) is 13.0 Å². The molecule has 4 atom stereocenters. The van der Waals surface area contributed by atoms with Crippen LogP contribution >= 0.6 is 0 Å². The van der Waals surface area contributed by atoms with E-state index in [0.29, 0.717) is 6.42 Å². The second kappa shape index (κ2) is 10.7. The molecule has 1 heterocycles. The third kappa shape index (κ3) is 6.68. The number of carbonyl (C=O) groups is 5. The summed E-state index contributed by atoms with van der Waals surface area (Å²) in [7, 11) is 0. The molecule has 0 aromatic carbocycles. The van der Waals surface area contributed by atoms with Gasteiger partial charge in [-0.05, 0) is 18.8 Å². The van der Waals surface area contributed by atoms with Crippen LogP contribution in [0.15, 0.2) is 0 Å². The van der Waals surface area contributed by atoms with Gasteiger partial charge in [-0.25, -0.2) is 4.79 Å². The number of hydrogen-bond donors (Lipinski definition) is 6. The van der Waals surface area contributed by atoms with Crippen LogP contribution in [0, 0.1) is 5.92 Å². The fraction of sp³-hybridized carbons (Fsp3) is 0.706. The highest BCUT2D eigenvalue weighted by molar-refractivity contribution is 5.96.